The third kappa shape index (κ3) is 3.39. The number of rotatable bonds is 3. The molecule has 0 bridgehead atoms. The van der Waals surface area contributed by atoms with Crippen LogP contribution in [0.15, 0.2) is 52.5 Å². The summed E-state index contributed by atoms with van der Waals surface area (Å²) in [4.78, 5) is 38.1. The number of nitrogens with one attached hydrogen (secondary N) is 1. The summed E-state index contributed by atoms with van der Waals surface area (Å²) in [7, 11) is 1.57. The molecule has 1 aliphatic heterocycles. The molecule has 0 saturated carbocycles. The number of amides is 4. The highest BCUT2D eigenvalue weighted by Crippen LogP contribution is 2.25. The highest BCUT2D eigenvalue weighted by atomic mass is 79.9. The van der Waals surface area contributed by atoms with E-state index >= 15 is 0 Å². The van der Waals surface area contributed by atoms with Crippen molar-refractivity contribution in [1.82, 2.24) is 5.32 Å². The highest BCUT2D eigenvalue weighted by molar-refractivity contribution is 9.10. The normalized spacial score (nSPS) is 16.0. The van der Waals surface area contributed by atoms with Gasteiger partial charge in [0.1, 0.15) is 11.3 Å². The quantitative estimate of drug-likeness (QED) is 0.616. The number of benzene rings is 2. The third-order valence-corrected chi connectivity index (χ3v) is 4.45. The number of methoxy groups -OCH3 is 1. The lowest BCUT2D eigenvalue weighted by atomic mass is 10.0. The Kier molecular flexibility index (Phi) is 4.90. The lowest BCUT2D eigenvalue weighted by Gasteiger charge is -2.26. The zero-order chi connectivity index (χ0) is 18.8. The van der Waals surface area contributed by atoms with Gasteiger partial charge in [-0.2, -0.15) is 0 Å². The molecule has 4 amide bonds. The van der Waals surface area contributed by atoms with Crippen molar-refractivity contribution in [1.29, 1.82) is 0 Å². The maximum Gasteiger partial charge on any atom is 0.335 e. The Hall–Kier alpha value is -2.93. The van der Waals surface area contributed by atoms with E-state index in [1.54, 1.807) is 49.6 Å². The minimum atomic E-state index is -0.773. The van der Waals surface area contributed by atoms with Gasteiger partial charge in [0.15, 0.2) is 0 Å². The summed E-state index contributed by atoms with van der Waals surface area (Å²) in [5.74, 6) is -0.686. The molecule has 26 heavy (non-hydrogen) atoms. The zero-order valence-corrected chi connectivity index (χ0v) is 15.7. The fraction of sp³-hybridized carbons (Fsp3) is 0.105. The molecular formula is C19H15BrN2O4. The number of carbonyl (C=O) groups is 3. The Morgan fingerprint density at radius 2 is 1.77 bits per heavy atom. The van der Waals surface area contributed by atoms with E-state index < -0.39 is 17.8 Å². The van der Waals surface area contributed by atoms with Crippen molar-refractivity contribution >= 4 is 45.5 Å². The third-order valence-electron chi connectivity index (χ3n) is 3.92. The Balaban J connectivity index is 1.99. The molecule has 1 N–H and O–H groups in total. The van der Waals surface area contributed by atoms with E-state index in [0.717, 1.165) is 14.9 Å². The summed E-state index contributed by atoms with van der Waals surface area (Å²) in [6.07, 6.45) is 1.46. The van der Waals surface area contributed by atoms with Gasteiger partial charge in [0.05, 0.1) is 12.8 Å². The lowest BCUT2D eigenvalue weighted by molar-refractivity contribution is -0.122. The Morgan fingerprint density at radius 3 is 2.38 bits per heavy atom. The largest absolute Gasteiger partial charge is 0.496 e. The summed E-state index contributed by atoms with van der Waals surface area (Å²) >= 11 is 3.30. The van der Waals surface area contributed by atoms with Crippen LogP contribution in [0.1, 0.15) is 11.1 Å². The molecule has 7 heteroatoms. The average Bonchev–Trinajstić information content (AvgIpc) is 2.60. The predicted octanol–water partition coefficient (Wildman–Crippen LogP) is 3.43. The van der Waals surface area contributed by atoms with Gasteiger partial charge in [0, 0.05) is 4.47 Å². The number of anilines is 1. The molecule has 6 nitrogen and oxygen atoms in total. The van der Waals surface area contributed by atoms with Crippen molar-refractivity contribution in [3.05, 3.63) is 63.6 Å². The lowest BCUT2D eigenvalue weighted by Crippen LogP contribution is -2.54. The van der Waals surface area contributed by atoms with Crippen molar-refractivity contribution in [3.63, 3.8) is 0 Å². The fourth-order valence-electron chi connectivity index (χ4n) is 2.64. The highest BCUT2D eigenvalue weighted by Gasteiger charge is 2.36. The molecule has 0 unspecified atom stereocenters. The molecule has 1 fully saturated rings. The average molecular weight is 415 g/mol. The van der Waals surface area contributed by atoms with E-state index in [9.17, 15) is 14.4 Å². The van der Waals surface area contributed by atoms with Gasteiger partial charge in [-0.25, -0.2) is 9.69 Å². The molecule has 1 saturated heterocycles. The van der Waals surface area contributed by atoms with Crippen LogP contribution in [0.4, 0.5) is 10.5 Å². The van der Waals surface area contributed by atoms with Gasteiger partial charge >= 0.3 is 6.03 Å². The van der Waals surface area contributed by atoms with Crippen molar-refractivity contribution in [3.8, 4) is 5.75 Å². The van der Waals surface area contributed by atoms with E-state index in [0.29, 0.717) is 17.0 Å². The van der Waals surface area contributed by atoms with Crippen molar-refractivity contribution < 1.29 is 19.1 Å². The number of halogens is 1. The molecule has 0 radical (unpaired) electrons. The molecule has 2 aromatic rings. The van der Waals surface area contributed by atoms with Crippen LogP contribution in [-0.2, 0) is 9.59 Å². The van der Waals surface area contributed by atoms with E-state index in [2.05, 4.69) is 21.2 Å². The van der Waals surface area contributed by atoms with Gasteiger partial charge < -0.3 is 4.74 Å². The van der Waals surface area contributed by atoms with E-state index in [1.165, 1.54) is 6.08 Å². The molecule has 1 heterocycles. The van der Waals surface area contributed by atoms with Crippen LogP contribution in [0.2, 0.25) is 0 Å². The molecule has 2 aromatic carbocycles. The number of barbiturate groups is 1. The second-order valence-corrected chi connectivity index (χ2v) is 6.58. The number of ether oxygens (including phenoxy) is 1. The van der Waals surface area contributed by atoms with Gasteiger partial charge in [-0.1, -0.05) is 22.0 Å². The summed E-state index contributed by atoms with van der Waals surface area (Å²) in [5, 5.41) is 2.20. The number of carbonyl (C=O) groups excluding carboxylic acids is 3. The van der Waals surface area contributed by atoms with Gasteiger partial charge in [0.2, 0.25) is 0 Å². The minimum Gasteiger partial charge on any atom is -0.496 e. The molecule has 0 aliphatic carbocycles. The van der Waals surface area contributed by atoms with Gasteiger partial charge in [-0.15, -0.1) is 0 Å². The van der Waals surface area contributed by atoms with Crippen molar-refractivity contribution in [2.45, 2.75) is 6.92 Å². The number of imide groups is 2. The number of nitrogens with zero attached hydrogens (tertiary/aromatic N) is 1. The van der Waals surface area contributed by atoms with Crippen LogP contribution in [-0.4, -0.2) is 25.0 Å². The SMILES string of the molecule is COc1ccc(/C=C2/C(=O)NC(=O)N(c3ccc(Br)cc3)C2=O)cc1C. The summed E-state index contributed by atoms with van der Waals surface area (Å²) < 4.78 is 6.02. The minimum absolute atomic E-state index is 0.114. The predicted molar refractivity (Wildman–Crippen MR) is 101 cm³/mol. The van der Waals surface area contributed by atoms with Gasteiger partial charge in [0.25, 0.3) is 11.8 Å². The van der Waals surface area contributed by atoms with Crippen LogP contribution in [0.25, 0.3) is 6.08 Å². The standard InChI is InChI=1S/C19H15BrN2O4/c1-11-9-12(3-8-16(11)26-2)10-15-17(23)21-19(25)22(18(15)24)14-6-4-13(20)5-7-14/h3-10H,1-2H3,(H,21,23,25)/b15-10-. The smallest absolute Gasteiger partial charge is 0.335 e. The Labute approximate surface area is 158 Å². The second-order valence-electron chi connectivity index (χ2n) is 5.66. The van der Waals surface area contributed by atoms with E-state index in [4.69, 9.17) is 4.74 Å². The molecule has 0 aromatic heterocycles. The van der Waals surface area contributed by atoms with Crippen LogP contribution < -0.4 is 15.0 Å². The first-order valence-corrected chi connectivity index (χ1v) is 8.51. The van der Waals surface area contributed by atoms with Crippen LogP contribution in [0.3, 0.4) is 0 Å². The molecular weight excluding hydrogens is 400 g/mol. The molecule has 1 aliphatic rings. The summed E-state index contributed by atoms with van der Waals surface area (Å²) in [6, 6.07) is 11.2. The molecule has 0 spiro atoms. The van der Waals surface area contributed by atoms with Gasteiger partial charge in [-0.3, -0.25) is 14.9 Å². The molecule has 132 valence electrons. The summed E-state index contributed by atoms with van der Waals surface area (Å²) in [6.45, 7) is 1.86. The Bertz CT molecular complexity index is 935. The fourth-order valence-corrected chi connectivity index (χ4v) is 2.90. The number of aryl methyl sites for hydroxylation is 1. The monoisotopic (exact) mass is 414 g/mol. The molecule has 0 atom stereocenters. The maximum atomic E-state index is 12.8. The first kappa shape index (κ1) is 17.9. The van der Waals surface area contributed by atoms with Crippen molar-refractivity contribution in [2.24, 2.45) is 0 Å². The number of hydrogen-bond acceptors (Lipinski definition) is 4. The van der Waals surface area contributed by atoms with E-state index in [-0.39, 0.29) is 5.57 Å². The molecule has 3 rings (SSSR count). The summed E-state index contributed by atoms with van der Waals surface area (Å²) in [5.41, 5.74) is 1.79. The van der Waals surface area contributed by atoms with E-state index in [1.807, 2.05) is 6.92 Å². The van der Waals surface area contributed by atoms with Crippen LogP contribution >= 0.6 is 15.9 Å². The Morgan fingerprint density at radius 1 is 1.08 bits per heavy atom. The van der Waals surface area contributed by atoms with Gasteiger partial charge in [-0.05, 0) is 60.5 Å². The second kappa shape index (κ2) is 7.13. The van der Waals surface area contributed by atoms with Crippen molar-refractivity contribution in [2.75, 3.05) is 12.0 Å². The van der Waals surface area contributed by atoms with Crippen LogP contribution in [0, 0.1) is 6.92 Å². The first-order chi connectivity index (χ1) is 12.4. The number of hydrogen-bond donors (Lipinski definition) is 1. The number of urea groups is 1. The topological polar surface area (TPSA) is 75.7 Å². The maximum absolute atomic E-state index is 12.8. The zero-order valence-electron chi connectivity index (χ0n) is 14.1. The van der Waals surface area contributed by atoms with Crippen LogP contribution in [0.5, 0.6) is 5.75 Å². The first-order valence-electron chi connectivity index (χ1n) is 7.72.